The number of amides is 1. The molecule has 0 bridgehead atoms. The first kappa shape index (κ1) is 16.4. The standard InChI is InChI=1S/C17H12Cl2N4O/c18-13-2-1-12(7-14(13)19)15-8-16(23-10-22-15)17(24)21-9-11-3-5-20-6-4-11/h1-8,10H,9H2,(H,21,24). The molecule has 0 aliphatic rings. The lowest BCUT2D eigenvalue weighted by Crippen LogP contribution is -2.23. The van der Waals surface area contributed by atoms with Crippen LogP contribution in [0.3, 0.4) is 0 Å². The largest absolute Gasteiger partial charge is 0.347 e. The lowest BCUT2D eigenvalue weighted by molar-refractivity contribution is 0.0946. The minimum Gasteiger partial charge on any atom is -0.347 e. The minimum absolute atomic E-state index is 0.278. The summed E-state index contributed by atoms with van der Waals surface area (Å²) >= 11 is 11.9. The molecule has 0 radical (unpaired) electrons. The predicted octanol–water partition coefficient (Wildman–Crippen LogP) is 3.78. The van der Waals surface area contributed by atoms with Crippen molar-refractivity contribution in [3.8, 4) is 11.3 Å². The van der Waals surface area contributed by atoms with Gasteiger partial charge in [-0.25, -0.2) is 9.97 Å². The van der Waals surface area contributed by atoms with Gasteiger partial charge in [0.25, 0.3) is 5.91 Å². The first-order chi connectivity index (χ1) is 11.6. The molecular formula is C17H12Cl2N4O. The van der Waals surface area contributed by atoms with E-state index in [0.29, 0.717) is 22.3 Å². The molecule has 0 saturated heterocycles. The van der Waals surface area contributed by atoms with Crippen LogP contribution in [0.1, 0.15) is 16.1 Å². The number of pyridine rings is 1. The highest BCUT2D eigenvalue weighted by Gasteiger charge is 2.10. The fraction of sp³-hybridized carbons (Fsp3) is 0.0588. The second kappa shape index (κ2) is 7.38. The molecule has 120 valence electrons. The van der Waals surface area contributed by atoms with E-state index in [-0.39, 0.29) is 11.6 Å². The molecule has 3 rings (SSSR count). The van der Waals surface area contributed by atoms with E-state index in [1.54, 1.807) is 36.7 Å². The quantitative estimate of drug-likeness (QED) is 0.770. The number of carbonyl (C=O) groups excluding carboxylic acids is 1. The molecule has 3 aromatic rings. The number of hydrogen-bond donors (Lipinski definition) is 1. The summed E-state index contributed by atoms with van der Waals surface area (Å²) in [6.07, 6.45) is 4.70. The number of aromatic nitrogens is 3. The smallest absolute Gasteiger partial charge is 0.270 e. The van der Waals surface area contributed by atoms with Gasteiger partial charge in [-0.2, -0.15) is 0 Å². The Bertz CT molecular complexity index is 871. The average Bonchev–Trinajstić information content (AvgIpc) is 2.63. The van der Waals surface area contributed by atoms with E-state index in [1.165, 1.54) is 6.33 Å². The Morgan fingerprint density at radius 1 is 1.00 bits per heavy atom. The maximum Gasteiger partial charge on any atom is 0.270 e. The molecule has 5 nitrogen and oxygen atoms in total. The number of carbonyl (C=O) groups is 1. The van der Waals surface area contributed by atoms with Crippen molar-refractivity contribution in [3.05, 3.63) is 76.4 Å². The van der Waals surface area contributed by atoms with E-state index in [4.69, 9.17) is 23.2 Å². The number of benzene rings is 1. The van der Waals surface area contributed by atoms with Crippen molar-refractivity contribution in [2.75, 3.05) is 0 Å². The van der Waals surface area contributed by atoms with Crippen LogP contribution >= 0.6 is 23.2 Å². The van der Waals surface area contributed by atoms with Crippen molar-refractivity contribution in [2.45, 2.75) is 6.54 Å². The van der Waals surface area contributed by atoms with Gasteiger partial charge >= 0.3 is 0 Å². The molecule has 1 aromatic carbocycles. The summed E-state index contributed by atoms with van der Waals surface area (Å²) < 4.78 is 0. The van der Waals surface area contributed by atoms with Gasteiger partial charge in [-0.15, -0.1) is 0 Å². The van der Waals surface area contributed by atoms with Gasteiger partial charge in [0.05, 0.1) is 15.7 Å². The molecule has 0 unspecified atom stereocenters. The van der Waals surface area contributed by atoms with Gasteiger partial charge in [0.15, 0.2) is 0 Å². The number of hydrogen-bond acceptors (Lipinski definition) is 4. The topological polar surface area (TPSA) is 67.8 Å². The van der Waals surface area contributed by atoms with Gasteiger partial charge in [0.1, 0.15) is 12.0 Å². The molecule has 7 heteroatoms. The van der Waals surface area contributed by atoms with E-state index in [2.05, 4.69) is 20.3 Å². The summed E-state index contributed by atoms with van der Waals surface area (Å²) in [5.41, 5.74) is 2.59. The van der Waals surface area contributed by atoms with Gasteiger partial charge in [0, 0.05) is 24.5 Å². The van der Waals surface area contributed by atoms with E-state index in [0.717, 1.165) is 11.1 Å². The second-order valence-corrected chi connectivity index (χ2v) is 5.77. The zero-order valence-electron chi connectivity index (χ0n) is 12.4. The van der Waals surface area contributed by atoms with Crippen molar-refractivity contribution in [2.24, 2.45) is 0 Å². The van der Waals surface area contributed by atoms with Gasteiger partial charge in [-0.05, 0) is 35.9 Å². The normalized spacial score (nSPS) is 10.4. The molecule has 0 aliphatic carbocycles. The number of rotatable bonds is 4. The highest BCUT2D eigenvalue weighted by molar-refractivity contribution is 6.42. The van der Waals surface area contributed by atoms with Crippen LogP contribution in [0.2, 0.25) is 10.0 Å². The molecular weight excluding hydrogens is 347 g/mol. The first-order valence-corrected chi connectivity index (χ1v) is 7.83. The molecule has 0 aliphatic heterocycles. The van der Waals surface area contributed by atoms with Crippen LogP contribution in [0, 0.1) is 0 Å². The van der Waals surface area contributed by atoms with E-state index >= 15 is 0 Å². The summed E-state index contributed by atoms with van der Waals surface area (Å²) in [5, 5.41) is 3.70. The third-order valence-corrected chi connectivity index (χ3v) is 4.06. The van der Waals surface area contributed by atoms with E-state index in [9.17, 15) is 4.79 Å². The average molecular weight is 359 g/mol. The van der Waals surface area contributed by atoms with Crippen molar-refractivity contribution in [1.29, 1.82) is 0 Å². The maximum absolute atomic E-state index is 12.3. The van der Waals surface area contributed by atoms with Crippen LogP contribution in [0.25, 0.3) is 11.3 Å². The first-order valence-electron chi connectivity index (χ1n) is 7.08. The molecule has 1 amide bonds. The van der Waals surface area contributed by atoms with Crippen LogP contribution in [-0.2, 0) is 6.54 Å². The van der Waals surface area contributed by atoms with Crippen LogP contribution in [0.15, 0.2) is 55.1 Å². The third-order valence-electron chi connectivity index (χ3n) is 3.32. The summed E-state index contributed by atoms with van der Waals surface area (Å²) in [4.78, 5) is 24.4. The highest BCUT2D eigenvalue weighted by Crippen LogP contribution is 2.27. The van der Waals surface area contributed by atoms with Gasteiger partial charge in [0.2, 0.25) is 0 Å². The van der Waals surface area contributed by atoms with Gasteiger partial charge in [-0.1, -0.05) is 29.3 Å². The second-order valence-electron chi connectivity index (χ2n) is 4.96. The Morgan fingerprint density at radius 3 is 2.54 bits per heavy atom. The molecule has 0 spiro atoms. The van der Waals surface area contributed by atoms with Crippen molar-refractivity contribution < 1.29 is 4.79 Å². The molecule has 0 fully saturated rings. The predicted molar refractivity (Wildman–Crippen MR) is 92.9 cm³/mol. The van der Waals surface area contributed by atoms with Crippen LogP contribution in [0.4, 0.5) is 0 Å². The maximum atomic E-state index is 12.3. The molecule has 2 heterocycles. The molecule has 0 saturated carbocycles. The molecule has 24 heavy (non-hydrogen) atoms. The summed E-state index contributed by atoms with van der Waals surface area (Å²) in [6, 6.07) is 10.5. The Labute approximate surface area is 148 Å². The third kappa shape index (κ3) is 3.88. The van der Waals surface area contributed by atoms with Crippen molar-refractivity contribution >= 4 is 29.1 Å². The fourth-order valence-electron chi connectivity index (χ4n) is 2.07. The Hall–Kier alpha value is -2.50. The molecule has 0 atom stereocenters. The Kier molecular flexibility index (Phi) is 5.03. The monoisotopic (exact) mass is 358 g/mol. The minimum atomic E-state index is -0.282. The van der Waals surface area contributed by atoms with Gasteiger partial charge < -0.3 is 5.32 Å². The summed E-state index contributed by atoms with van der Waals surface area (Å²) in [5.74, 6) is -0.282. The van der Waals surface area contributed by atoms with Crippen molar-refractivity contribution in [1.82, 2.24) is 20.3 Å². The van der Waals surface area contributed by atoms with E-state index < -0.39 is 0 Å². The molecule has 2 aromatic heterocycles. The number of nitrogens with zero attached hydrogens (tertiary/aromatic N) is 3. The van der Waals surface area contributed by atoms with Crippen LogP contribution in [0.5, 0.6) is 0 Å². The molecule has 1 N–H and O–H groups in total. The summed E-state index contributed by atoms with van der Waals surface area (Å²) in [6.45, 7) is 0.396. The zero-order valence-corrected chi connectivity index (χ0v) is 13.9. The number of halogens is 2. The van der Waals surface area contributed by atoms with Crippen molar-refractivity contribution in [3.63, 3.8) is 0 Å². The highest BCUT2D eigenvalue weighted by atomic mass is 35.5. The van der Waals surface area contributed by atoms with Gasteiger partial charge in [-0.3, -0.25) is 9.78 Å². The van der Waals surface area contributed by atoms with E-state index in [1.807, 2.05) is 12.1 Å². The van der Waals surface area contributed by atoms with Crippen LogP contribution < -0.4 is 5.32 Å². The Balaban J connectivity index is 1.77. The zero-order chi connectivity index (χ0) is 16.9. The Morgan fingerprint density at radius 2 is 1.79 bits per heavy atom. The summed E-state index contributed by atoms with van der Waals surface area (Å²) in [7, 11) is 0. The fourth-order valence-corrected chi connectivity index (χ4v) is 2.37. The van der Waals surface area contributed by atoms with Crippen LogP contribution in [-0.4, -0.2) is 20.9 Å². The lowest BCUT2D eigenvalue weighted by Gasteiger charge is -2.07. The SMILES string of the molecule is O=C(NCc1ccncc1)c1cc(-c2ccc(Cl)c(Cl)c2)ncn1. The lowest BCUT2D eigenvalue weighted by atomic mass is 10.1. The number of nitrogens with one attached hydrogen (secondary N) is 1.